The number of carbonyl (C=O) groups is 2. The minimum absolute atomic E-state index is 0.00456. The van der Waals surface area contributed by atoms with Gasteiger partial charge in [-0.2, -0.15) is 0 Å². The number of sulfonamides is 2. The number of fused-ring (bicyclic) bond motifs is 2. The van der Waals surface area contributed by atoms with Crippen molar-refractivity contribution in [1.82, 2.24) is 29.9 Å². The fraction of sp³-hybridized carbons (Fsp3) is 0.458. The van der Waals surface area contributed by atoms with Crippen LogP contribution in [0.5, 0.6) is 0 Å². The zero-order valence-corrected chi connectivity index (χ0v) is 43.8. The second-order valence-corrected chi connectivity index (χ2v) is 22.2. The molecule has 4 N–H and O–H groups in total. The largest absolute Gasteiger partial charge is 0.378 e. The Balaban J connectivity index is 0.727. The zero-order chi connectivity index (χ0) is 50.3. The van der Waals surface area contributed by atoms with Crippen LogP contribution in [0.2, 0.25) is 20.1 Å². The predicted molar refractivity (Wildman–Crippen MR) is 271 cm³/mol. The number of benzene rings is 4. The molecule has 4 aromatic rings. The Morgan fingerprint density at radius 1 is 0.529 bits per heavy atom. The van der Waals surface area contributed by atoms with Crippen LogP contribution in [0.25, 0.3) is 0 Å². The van der Waals surface area contributed by atoms with Crippen LogP contribution in [0.1, 0.15) is 58.1 Å². The molecule has 70 heavy (non-hydrogen) atoms. The number of rotatable bonds is 27. The van der Waals surface area contributed by atoms with E-state index in [0.717, 1.165) is 46.5 Å². The average Bonchev–Trinajstić information content (AvgIpc) is 3.32. The van der Waals surface area contributed by atoms with Crippen LogP contribution in [0.3, 0.4) is 0 Å². The summed E-state index contributed by atoms with van der Waals surface area (Å²) in [5.74, 6) is -0.595. The molecule has 382 valence electrons. The summed E-state index contributed by atoms with van der Waals surface area (Å²) < 4.78 is 78.7. The molecule has 0 fully saturated rings. The summed E-state index contributed by atoms with van der Waals surface area (Å²) in [5, 5.41) is 7.76. The van der Waals surface area contributed by atoms with Gasteiger partial charge in [0, 0.05) is 97.1 Å². The molecule has 0 saturated carbocycles. The Kier molecular flexibility index (Phi) is 21.6. The number of ether oxygens (including phenoxy) is 4. The van der Waals surface area contributed by atoms with E-state index in [1.165, 1.54) is 0 Å². The normalized spacial score (nSPS) is 16.4. The highest BCUT2D eigenvalue weighted by molar-refractivity contribution is 7.89. The van der Waals surface area contributed by atoms with Crippen molar-refractivity contribution in [2.45, 2.75) is 47.6 Å². The van der Waals surface area contributed by atoms with Crippen LogP contribution >= 0.6 is 46.4 Å². The SMILES string of the molecule is CN1Cc2c(Cl)cc(Cl)cc2C(c2ccc(S(=O)(=O)NCCOCCOCCNC(=O)CCC(=O)NCCOCCOCCNS(=O)(=O)c3ccc(C4CN(C)Cc5c(Cl)cc(Cl)cc54)cc3)cc2)C1. The van der Waals surface area contributed by atoms with Gasteiger partial charge < -0.3 is 39.4 Å². The van der Waals surface area contributed by atoms with Gasteiger partial charge in [0.25, 0.3) is 0 Å². The molecule has 2 unspecified atom stereocenters. The highest BCUT2D eigenvalue weighted by Crippen LogP contribution is 2.40. The van der Waals surface area contributed by atoms with Crippen molar-refractivity contribution >= 4 is 78.3 Å². The quantitative estimate of drug-likeness (QED) is 0.0527. The van der Waals surface area contributed by atoms with Gasteiger partial charge in [-0.25, -0.2) is 26.3 Å². The van der Waals surface area contributed by atoms with E-state index in [-0.39, 0.29) is 125 Å². The van der Waals surface area contributed by atoms with Crippen molar-refractivity contribution in [3.63, 3.8) is 0 Å². The number of nitrogens with zero attached hydrogens (tertiary/aromatic N) is 2. The molecule has 2 atom stereocenters. The Bertz CT molecular complexity index is 2440. The fourth-order valence-corrected chi connectivity index (χ4v) is 11.4. The molecule has 2 aliphatic heterocycles. The first-order valence-electron chi connectivity index (χ1n) is 22.9. The first kappa shape index (κ1) is 55.9. The molecule has 0 spiro atoms. The molecule has 0 bridgehead atoms. The fourth-order valence-electron chi connectivity index (χ4n) is 8.26. The van der Waals surface area contributed by atoms with Crippen LogP contribution in [-0.4, -0.2) is 145 Å². The molecule has 0 aromatic heterocycles. The van der Waals surface area contributed by atoms with Crippen LogP contribution in [-0.2, 0) is 61.7 Å². The third kappa shape index (κ3) is 16.5. The Morgan fingerprint density at radius 2 is 0.871 bits per heavy atom. The van der Waals surface area contributed by atoms with E-state index in [1.807, 2.05) is 50.5 Å². The van der Waals surface area contributed by atoms with Gasteiger partial charge >= 0.3 is 0 Å². The van der Waals surface area contributed by atoms with Gasteiger partial charge in [0.05, 0.1) is 62.6 Å². The lowest BCUT2D eigenvalue weighted by atomic mass is 9.85. The molecular weight excluding hydrogens is 1030 g/mol. The van der Waals surface area contributed by atoms with Gasteiger partial charge in [0.2, 0.25) is 31.9 Å². The molecule has 0 radical (unpaired) electrons. The summed E-state index contributed by atoms with van der Waals surface area (Å²) in [6.45, 7) is 5.28. The van der Waals surface area contributed by atoms with Crippen molar-refractivity contribution in [2.24, 2.45) is 0 Å². The van der Waals surface area contributed by atoms with Crippen molar-refractivity contribution < 1.29 is 45.4 Å². The maximum atomic E-state index is 12.9. The first-order valence-corrected chi connectivity index (χ1v) is 27.3. The van der Waals surface area contributed by atoms with E-state index in [2.05, 4.69) is 29.9 Å². The first-order chi connectivity index (χ1) is 33.5. The van der Waals surface area contributed by atoms with E-state index >= 15 is 0 Å². The summed E-state index contributed by atoms with van der Waals surface area (Å²) in [7, 11) is -3.47. The number of nitrogens with one attached hydrogen (secondary N) is 4. The monoisotopic (exact) mass is 1080 g/mol. The van der Waals surface area contributed by atoms with E-state index in [9.17, 15) is 26.4 Å². The molecule has 2 aliphatic rings. The van der Waals surface area contributed by atoms with Crippen molar-refractivity contribution in [3.05, 3.63) is 126 Å². The van der Waals surface area contributed by atoms with Crippen molar-refractivity contribution in [3.8, 4) is 0 Å². The molecule has 2 heterocycles. The second-order valence-electron chi connectivity index (χ2n) is 17.0. The topological polar surface area (TPSA) is 194 Å². The molecule has 4 aromatic carbocycles. The van der Waals surface area contributed by atoms with Crippen molar-refractivity contribution in [2.75, 3.05) is 106 Å². The van der Waals surface area contributed by atoms with E-state index < -0.39 is 20.0 Å². The van der Waals surface area contributed by atoms with Crippen LogP contribution in [0, 0.1) is 0 Å². The number of hydrogen-bond donors (Lipinski definition) is 4. The van der Waals surface area contributed by atoms with E-state index in [4.69, 9.17) is 65.4 Å². The van der Waals surface area contributed by atoms with Gasteiger partial charge in [0.15, 0.2) is 0 Å². The van der Waals surface area contributed by atoms with Crippen LogP contribution < -0.4 is 20.1 Å². The number of hydrogen-bond acceptors (Lipinski definition) is 12. The lowest BCUT2D eigenvalue weighted by Gasteiger charge is -2.33. The van der Waals surface area contributed by atoms with Gasteiger partial charge in [-0.05, 0) is 96.0 Å². The summed E-state index contributed by atoms with van der Waals surface area (Å²) in [4.78, 5) is 29.0. The zero-order valence-electron chi connectivity index (χ0n) is 39.1. The lowest BCUT2D eigenvalue weighted by molar-refractivity contribution is -0.126. The molecule has 2 amide bonds. The maximum Gasteiger partial charge on any atom is 0.240 e. The molecule has 0 saturated heterocycles. The standard InChI is InChI=1S/C48H60Cl4N6O10S2/c1-57-29-41(39-25-35(49)27-45(51)43(39)31-57)33-3-7-37(8-4-33)69(61,62)55-15-19-67-23-21-65-17-13-53-47(59)11-12-48(60)54-14-18-66-22-24-68-20-16-56-70(63,64)38-9-5-34(6-10-38)42-30-58(2)32-44-40(42)26-36(50)28-46(44)52/h3-10,25-28,41-42,55-56H,11-24,29-32H2,1-2H3,(H,53,59)(H,54,60). The third-order valence-electron chi connectivity index (χ3n) is 11.7. The highest BCUT2D eigenvalue weighted by Gasteiger charge is 2.29. The molecular formula is C48H60Cl4N6O10S2. The minimum atomic E-state index is -3.75. The van der Waals surface area contributed by atoms with Crippen LogP contribution in [0.4, 0.5) is 0 Å². The Morgan fingerprint density at radius 3 is 1.23 bits per heavy atom. The number of carbonyl (C=O) groups excluding carboxylic acids is 2. The van der Waals surface area contributed by atoms with Gasteiger partial charge in [-0.15, -0.1) is 0 Å². The molecule has 16 nitrogen and oxygen atoms in total. The predicted octanol–water partition coefficient (Wildman–Crippen LogP) is 5.79. The minimum Gasteiger partial charge on any atom is -0.378 e. The molecule has 6 rings (SSSR count). The highest BCUT2D eigenvalue weighted by atomic mass is 35.5. The Labute approximate surface area is 431 Å². The Hall–Kier alpha value is -3.44. The van der Waals surface area contributed by atoms with E-state index in [0.29, 0.717) is 33.2 Å². The van der Waals surface area contributed by atoms with Crippen LogP contribution in [0.15, 0.2) is 82.6 Å². The summed E-state index contributed by atoms with van der Waals surface area (Å²) in [6, 6.07) is 21.0. The molecule has 22 heteroatoms. The third-order valence-corrected chi connectivity index (χ3v) is 15.8. The lowest BCUT2D eigenvalue weighted by Crippen LogP contribution is -2.31. The maximum absolute atomic E-state index is 12.9. The van der Waals surface area contributed by atoms with Crippen molar-refractivity contribution in [1.29, 1.82) is 0 Å². The summed E-state index contributed by atoms with van der Waals surface area (Å²) in [6.07, 6.45) is 0.0174. The average molecular weight is 1090 g/mol. The smallest absolute Gasteiger partial charge is 0.240 e. The van der Waals surface area contributed by atoms with Gasteiger partial charge in [0.1, 0.15) is 0 Å². The summed E-state index contributed by atoms with van der Waals surface area (Å²) in [5.41, 5.74) is 6.06. The number of likely N-dealkylation sites (N-methyl/N-ethyl adjacent to an activating group) is 2. The molecule has 0 aliphatic carbocycles. The van der Waals surface area contributed by atoms with Gasteiger partial charge in [-0.3, -0.25) is 9.59 Å². The van der Waals surface area contributed by atoms with E-state index in [1.54, 1.807) is 36.4 Å². The second kappa shape index (κ2) is 27.0. The number of amides is 2. The summed E-state index contributed by atoms with van der Waals surface area (Å²) >= 11 is 25.6. The van der Waals surface area contributed by atoms with Gasteiger partial charge in [-0.1, -0.05) is 70.7 Å². The number of halogens is 4.